The molecule has 38 heavy (non-hydrogen) atoms. The van der Waals surface area contributed by atoms with Crippen LogP contribution >= 0.6 is 12.2 Å². The van der Waals surface area contributed by atoms with E-state index in [9.17, 15) is 0 Å². The van der Waals surface area contributed by atoms with Crippen LogP contribution in [0.1, 0.15) is 41.1 Å². The van der Waals surface area contributed by atoms with Crippen LogP contribution < -0.4 is 19.7 Å². The van der Waals surface area contributed by atoms with Crippen molar-refractivity contribution in [3.05, 3.63) is 71.3 Å². The van der Waals surface area contributed by atoms with Crippen LogP contribution in [0.5, 0.6) is 11.5 Å². The number of methoxy groups -OCH3 is 2. The SMILES string of the molecule is COc1ccc(N2C(=S)N[C@H](c3ccccn3)[C@H]2c2cc(C)n(CCCN3CCOCC3)c2C)c(OC)c1. The van der Waals surface area contributed by atoms with Gasteiger partial charge in [0, 0.05) is 49.8 Å². The Morgan fingerprint density at radius 2 is 1.87 bits per heavy atom. The summed E-state index contributed by atoms with van der Waals surface area (Å²) in [4.78, 5) is 9.37. The van der Waals surface area contributed by atoms with Crippen LogP contribution in [-0.4, -0.2) is 66.6 Å². The predicted molar refractivity (Wildman–Crippen MR) is 153 cm³/mol. The summed E-state index contributed by atoms with van der Waals surface area (Å²) in [5, 5.41) is 4.21. The van der Waals surface area contributed by atoms with Gasteiger partial charge in [0.2, 0.25) is 0 Å². The number of nitrogens with one attached hydrogen (secondary N) is 1. The summed E-state index contributed by atoms with van der Waals surface area (Å²) in [6.07, 6.45) is 2.93. The number of pyridine rings is 1. The van der Waals surface area contributed by atoms with Crippen LogP contribution in [0.4, 0.5) is 5.69 Å². The van der Waals surface area contributed by atoms with Gasteiger partial charge in [0.15, 0.2) is 5.11 Å². The Morgan fingerprint density at radius 3 is 2.58 bits per heavy atom. The lowest BCUT2D eigenvalue weighted by Gasteiger charge is -2.29. The fourth-order valence-corrected chi connectivity index (χ4v) is 6.00. The molecular formula is C29H37N5O3S. The van der Waals surface area contributed by atoms with E-state index < -0.39 is 0 Å². The summed E-state index contributed by atoms with van der Waals surface area (Å²) < 4.78 is 19.2. The molecule has 0 aliphatic carbocycles. The molecule has 1 aromatic carbocycles. The first-order valence-corrected chi connectivity index (χ1v) is 13.6. The van der Waals surface area contributed by atoms with E-state index in [2.05, 4.69) is 45.7 Å². The van der Waals surface area contributed by atoms with Gasteiger partial charge in [-0.1, -0.05) is 6.07 Å². The van der Waals surface area contributed by atoms with Crippen molar-refractivity contribution in [1.82, 2.24) is 19.8 Å². The van der Waals surface area contributed by atoms with Crippen molar-refractivity contribution >= 4 is 23.0 Å². The van der Waals surface area contributed by atoms with Crippen LogP contribution in [0, 0.1) is 13.8 Å². The molecule has 202 valence electrons. The Morgan fingerprint density at radius 1 is 1.05 bits per heavy atom. The first kappa shape index (κ1) is 26.5. The lowest BCUT2D eigenvalue weighted by molar-refractivity contribution is 0.0369. The minimum Gasteiger partial charge on any atom is -0.497 e. The third-order valence-corrected chi connectivity index (χ3v) is 7.95. The van der Waals surface area contributed by atoms with E-state index in [0.717, 1.165) is 62.9 Å². The maximum absolute atomic E-state index is 5.95. The average Bonchev–Trinajstić information content (AvgIpc) is 3.44. The molecule has 9 heteroatoms. The molecule has 0 unspecified atom stereocenters. The molecule has 2 aliphatic heterocycles. The first-order chi connectivity index (χ1) is 18.5. The fraction of sp³-hybridized carbons (Fsp3) is 0.448. The number of thiocarbonyl (C=S) groups is 1. The quantitative estimate of drug-likeness (QED) is 0.404. The molecule has 8 nitrogen and oxygen atoms in total. The number of aryl methyl sites for hydroxylation is 1. The van der Waals surface area contributed by atoms with Gasteiger partial charge in [0.05, 0.1) is 50.9 Å². The molecule has 1 N–H and O–H groups in total. The minimum atomic E-state index is -0.113. The number of ether oxygens (including phenoxy) is 3. The Balaban J connectivity index is 1.51. The fourth-order valence-electron chi connectivity index (χ4n) is 5.66. The van der Waals surface area contributed by atoms with Gasteiger partial charge < -0.3 is 29.0 Å². The van der Waals surface area contributed by atoms with Crippen molar-refractivity contribution in [1.29, 1.82) is 0 Å². The highest BCUT2D eigenvalue weighted by molar-refractivity contribution is 7.80. The predicted octanol–water partition coefficient (Wildman–Crippen LogP) is 4.42. The van der Waals surface area contributed by atoms with Gasteiger partial charge in [-0.25, -0.2) is 0 Å². The van der Waals surface area contributed by atoms with Gasteiger partial charge in [-0.15, -0.1) is 0 Å². The van der Waals surface area contributed by atoms with E-state index in [1.807, 2.05) is 36.5 Å². The Labute approximate surface area is 230 Å². The highest BCUT2D eigenvalue weighted by Gasteiger charge is 2.43. The number of rotatable bonds is 9. The second-order valence-electron chi connectivity index (χ2n) is 9.82. The van der Waals surface area contributed by atoms with Gasteiger partial charge in [-0.05, 0) is 68.4 Å². The van der Waals surface area contributed by atoms with Crippen LogP contribution in [0.3, 0.4) is 0 Å². The molecule has 3 aromatic rings. The third kappa shape index (κ3) is 5.23. The largest absolute Gasteiger partial charge is 0.497 e. The number of anilines is 1. The number of morpholine rings is 1. The van der Waals surface area contributed by atoms with Gasteiger partial charge in [-0.3, -0.25) is 9.88 Å². The molecule has 4 heterocycles. The van der Waals surface area contributed by atoms with Crippen LogP contribution in [0.25, 0.3) is 0 Å². The number of nitrogens with zero attached hydrogens (tertiary/aromatic N) is 4. The summed E-state index contributed by atoms with van der Waals surface area (Å²) in [6, 6.07) is 14.0. The van der Waals surface area contributed by atoms with Gasteiger partial charge in [0.1, 0.15) is 11.5 Å². The van der Waals surface area contributed by atoms with Crippen LogP contribution in [0.15, 0.2) is 48.7 Å². The second kappa shape index (κ2) is 11.7. The van der Waals surface area contributed by atoms with Gasteiger partial charge >= 0.3 is 0 Å². The number of benzene rings is 1. The molecule has 0 bridgehead atoms. The molecule has 0 spiro atoms. The monoisotopic (exact) mass is 535 g/mol. The van der Waals surface area contributed by atoms with E-state index in [0.29, 0.717) is 10.9 Å². The summed E-state index contributed by atoms with van der Waals surface area (Å²) in [6.45, 7) is 10.2. The number of aromatic nitrogens is 2. The highest BCUT2D eigenvalue weighted by atomic mass is 32.1. The van der Waals surface area contributed by atoms with Gasteiger partial charge in [-0.2, -0.15) is 0 Å². The van der Waals surface area contributed by atoms with E-state index >= 15 is 0 Å². The summed E-state index contributed by atoms with van der Waals surface area (Å²) in [5.41, 5.74) is 5.58. The van der Waals surface area contributed by atoms with Crippen LogP contribution in [0.2, 0.25) is 0 Å². The summed E-state index contributed by atoms with van der Waals surface area (Å²) >= 11 is 5.95. The Kier molecular flexibility index (Phi) is 8.16. The normalized spacial score (nSPS) is 20.0. The van der Waals surface area contributed by atoms with E-state index in [4.69, 9.17) is 31.4 Å². The summed E-state index contributed by atoms with van der Waals surface area (Å²) in [5.74, 6) is 1.44. The van der Waals surface area contributed by atoms with Crippen molar-refractivity contribution in [2.75, 3.05) is 52.0 Å². The number of hydrogen-bond acceptors (Lipinski definition) is 6. The highest BCUT2D eigenvalue weighted by Crippen LogP contribution is 2.46. The lowest BCUT2D eigenvalue weighted by atomic mass is 9.96. The lowest BCUT2D eigenvalue weighted by Crippen LogP contribution is -2.37. The Hall–Kier alpha value is -3.14. The zero-order valence-electron chi connectivity index (χ0n) is 22.6. The average molecular weight is 536 g/mol. The maximum atomic E-state index is 5.95. The zero-order chi connectivity index (χ0) is 26.6. The summed E-state index contributed by atoms with van der Waals surface area (Å²) in [7, 11) is 3.33. The molecule has 2 saturated heterocycles. The maximum Gasteiger partial charge on any atom is 0.174 e. The van der Waals surface area contributed by atoms with Crippen molar-refractivity contribution in [2.24, 2.45) is 0 Å². The zero-order valence-corrected chi connectivity index (χ0v) is 23.5. The topological polar surface area (TPSA) is 64.0 Å². The van der Waals surface area contributed by atoms with Gasteiger partial charge in [0.25, 0.3) is 0 Å². The molecule has 0 saturated carbocycles. The van der Waals surface area contributed by atoms with Crippen LogP contribution in [-0.2, 0) is 11.3 Å². The molecule has 5 rings (SSSR count). The number of hydrogen-bond donors (Lipinski definition) is 1. The molecule has 2 aromatic heterocycles. The van der Waals surface area contributed by atoms with E-state index in [-0.39, 0.29) is 12.1 Å². The van der Waals surface area contributed by atoms with E-state index in [1.54, 1.807) is 14.2 Å². The molecule has 2 aliphatic rings. The van der Waals surface area contributed by atoms with Crippen molar-refractivity contribution < 1.29 is 14.2 Å². The Bertz CT molecular complexity index is 1260. The standard InChI is InChI=1S/C29H37N5O3S/c1-20-18-23(21(2)33(20)13-7-12-32-14-16-37-17-15-32)28-27(24-8-5-6-11-30-24)31-29(38)34(28)25-10-9-22(35-3)19-26(25)36-4/h5-6,8-11,18-19,27-28H,7,12-17H2,1-4H3,(H,31,38)/t27-,28-/m1/s1. The van der Waals surface area contributed by atoms with E-state index in [1.165, 1.54) is 17.0 Å². The smallest absolute Gasteiger partial charge is 0.174 e. The third-order valence-electron chi connectivity index (χ3n) is 7.64. The molecule has 0 amide bonds. The molecule has 0 radical (unpaired) electrons. The minimum absolute atomic E-state index is 0.0983. The first-order valence-electron chi connectivity index (χ1n) is 13.2. The van der Waals surface area contributed by atoms with Crippen molar-refractivity contribution in [2.45, 2.75) is 38.9 Å². The molecule has 2 fully saturated rings. The molecular weight excluding hydrogens is 498 g/mol. The van der Waals surface area contributed by atoms with Crippen molar-refractivity contribution in [3.8, 4) is 11.5 Å². The molecule has 2 atom stereocenters. The second-order valence-corrected chi connectivity index (χ2v) is 10.2. The van der Waals surface area contributed by atoms with Crippen molar-refractivity contribution in [3.63, 3.8) is 0 Å².